The predicted octanol–water partition coefficient (Wildman–Crippen LogP) is 3.14. The molecule has 1 heterocycles. The number of anilines is 2. The van der Waals surface area contributed by atoms with Crippen molar-refractivity contribution in [2.24, 2.45) is 0 Å². The second-order valence-electron chi connectivity index (χ2n) is 5.74. The maximum absolute atomic E-state index is 12.7. The Morgan fingerprint density at radius 3 is 2.71 bits per heavy atom. The monoisotopic (exact) mass is 324 g/mol. The van der Waals surface area contributed by atoms with Crippen LogP contribution in [0.5, 0.6) is 5.75 Å². The molecule has 1 aliphatic heterocycles. The standard InChI is InChI=1S/C19H20N2O3/c1-3-24-17-10-5-4-9-16(17)21-18(22)12-15(19(21)23)20-14-8-6-7-13(2)11-14/h4-11,15,20H,3,12H2,1-2H3. The van der Waals surface area contributed by atoms with Crippen molar-refractivity contribution in [2.75, 3.05) is 16.8 Å². The number of benzene rings is 2. The van der Waals surface area contributed by atoms with E-state index in [1.165, 1.54) is 4.90 Å². The molecule has 2 amide bonds. The van der Waals surface area contributed by atoms with E-state index in [1.807, 2.05) is 44.2 Å². The minimum absolute atomic E-state index is 0.132. The number of imide groups is 1. The van der Waals surface area contributed by atoms with E-state index in [0.29, 0.717) is 18.0 Å². The zero-order valence-electron chi connectivity index (χ0n) is 13.8. The number of amides is 2. The Balaban J connectivity index is 1.84. The van der Waals surface area contributed by atoms with Gasteiger partial charge in [0.2, 0.25) is 5.91 Å². The second kappa shape index (κ2) is 6.74. The van der Waals surface area contributed by atoms with E-state index >= 15 is 0 Å². The smallest absolute Gasteiger partial charge is 0.256 e. The van der Waals surface area contributed by atoms with Crippen LogP contribution in [-0.4, -0.2) is 24.5 Å². The summed E-state index contributed by atoms with van der Waals surface area (Å²) >= 11 is 0. The van der Waals surface area contributed by atoms with Gasteiger partial charge < -0.3 is 10.1 Å². The first-order chi connectivity index (χ1) is 11.6. The van der Waals surface area contributed by atoms with E-state index < -0.39 is 6.04 Å². The van der Waals surface area contributed by atoms with Crippen molar-refractivity contribution in [2.45, 2.75) is 26.3 Å². The molecule has 0 spiro atoms. The number of carbonyl (C=O) groups excluding carboxylic acids is 2. The molecule has 1 unspecified atom stereocenters. The van der Waals surface area contributed by atoms with Gasteiger partial charge in [0, 0.05) is 5.69 Å². The zero-order chi connectivity index (χ0) is 17.1. The Hall–Kier alpha value is -2.82. The maximum Gasteiger partial charge on any atom is 0.256 e. The number of hydrogen-bond acceptors (Lipinski definition) is 4. The van der Waals surface area contributed by atoms with E-state index in [1.54, 1.807) is 18.2 Å². The highest BCUT2D eigenvalue weighted by molar-refractivity contribution is 6.23. The molecule has 0 radical (unpaired) electrons. The van der Waals surface area contributed by atoms with Gasteiger partial charge in [0.05, 0.1) is 18.7 Å². The van der Waals surface area contributed by atoms with Crippen molar-refractivity contribution >= 4 is 23.2 Å². The first-order valence-corrected chi connectivity index (χ1v) is 8.02. The third kappa shape index (κ3) is 3.11. The molecule has 3 rings (SSSR count). The highest BCUT2D eigenvalue weighted by Gasteiger charge is 2.40. The lowest BCUT2D eigenvalue weighted by atomic mass is 10.2. The average molecular weight is 324 g/mol. The van der Waals surface area contributed by atoms with Crippen molar-refractivity contribution < 1.29 is 14.3 Å². The number of rotatable bonds is 5. The summed E-state index contributed by atoms with van der Waals surface area (Å²) < 4.78 is 5.55. The van der Waals surface area contributed by atoms with Gasteiger partial charge in [-0.1, -0.05) is 24.3 Å². The van der Waals surface area contributed by atoms with Crippen LogP contribution in [0.4, 0.5) is 11.4 Å². The number of para-hydroxylation sites is 2. The molecule has 0 saturated carbocycles. The number of aryl methyl sites for hydroxylation is 1. The molecule has 1 fully saturated rings. The van der Waals surface area contributed by atoms with E-state index in [4.69, 9.17) is 4.74 Å². The lowest BCUT2D eigenvalue weighted by Crippen LogP contribution is -2.35. The Kier molecular flexibility index (Phi) is 4.51. The van der Waals surface area contributed by atoms with Crippen LogP contribution in [0.15, 0.2) is 48.5 Å². The van der Waals surface area contributed by atoms with E-state index in [0.717, 1.165) is 11.3 Å². The summed E-state index contributed by atoms with van der Waals surface area (Å²) in [5, 5.41) is 3.16. The van der Waals surface area contributed by atoms with Crippen LogP contribution >= 0.6 is 0 Å². The van der Waals surface area contributed by atoms with Gasteiger partial charge in [0.25, 0.3) is 5.91 Å². The van der Waals surface area contributed by atoms with Gasteiger partial charge >= 0.3 is 0 Å². The van der Waals surface area contributed by atoms with Crippen molar-refractivity contribution in [3.05, 3.63) is 54.1 Å². The van der Waals surface area contributed by atoms with Crippen molar-refractivity contribution in [1.29, 1.82) is 0 Å². The maximum atomic E-state index is 12.7. The van der Waals surface area contributed by atoms with Crippen LogP contribution in [0.2, 0.25) is 0 Å². The Labute approximate surface area is 141 Å². The van der Waals surface area contributed by atoms with Crippen molar-refractivity contribution in [1.82, 2.24) is 0 Å². The van der Waals surface area contributed by atoms with E-state index in [-0.39, 0.29) is 18.2 Å². The van der Waals surface area contributed by atoms with Gasteiger partial charge in [-0.25, -0.2) is 4.90 Å². The molecular formula is C19H20N2O3. The summed E-state index contributed by atoms with van der Waals surface area (Å²) in [5.74, 6) is 0.0591. The van der Waals surface area contributed by atoms with Crippen LogP contribution in [-0.2, 0) is 9.59 Å². The molecule has 1 atom stereocenters. The minimum Gasteiger partial charge on any atom is -0.492 e. The summed E-state index contributed by atoms with van der Waals surface area (Å²) in [6.45, 7) is 4.32. The second-order valence-corrected chi connectivity index (χ2v) is 5.74. The third-order valence-corrected chi connectivity index (χ3v) is 3.91. The number of ether oxygens (including phenoxy) is 1. The van der Waals surface area contributed by atoms with Crippen LogP contribution in [0, 0.1) is 6.92 Å². The molecule has 124 valence electrons. The summed E-state index contributed by atoms with van der Waals surface area (Å²) in [6, 6.07) is 14.3. The number of nitrogens with one attached hydrogen (secondary N) is 1. The lowest BCUT2D eigenvalue weighted by Gasteiger charge is -2.19. The van der Waals surface area contributed by atoms with Crippen LogP contribution < -0.4 is 15.0 Å². The normalized spacial score (nSPS) is 17.2. The quantitative estimate of drug-likeness (QED) is 0.859. The van der Waals surface area contributed by atoms with Gasteiger partial charge in [-0.15, -0.1) is 0 Å². The number of hydrogen-bond donors (Lipinski definition) is 1. The van der Waals surface area contributed by atoms with Crippen LogP contribution in [0.1, 0.15) is 18.9 Å². The number of carbonyl (C=O) groups is 2. The predicted molar refractivity (Wildman–Crippen MR) is 93.3 cm³/mol. The third-order valence-electron chi connectivity index (χ3n) is 3.91. The van der Waals surface area contributed by atoms with Gasteiger partial charge in [0.15, 0.2) is 0 Å². The fourth-order valence-electron chi connectivity index (χ4n) is 2.85. The first kappa shape index (κ1) is 16.1. The van der Waals surface area contributed by atoms with E-state index in [2.05, 4.69) is 5.32 Å². The molecule has 0 aliphatic carbocycles. The molecule has 1 N–H and O–H groups in total. The fraction of sp³-hybridized carbons (Fsp3) is 0.263. The summed E-state index contributed by atoms with van der Waals surface area (Å²) in [7, 11) is 0. The van der Waals surface area contributed by atoms with Gasteiger partial charge in [0.1, 0.15) is 11.8 Å². The molecule has 5 nitrogen and oxygen atoms in total. The molecular weight excluding hydrogens is 304 g/mol. The first-order valence-electron chi connectivity index (χ1n) is 8.02. The number of nitrogens with zero attached hydrogens (tertiary/aromatic N) is 1. The van der Waals surface area contributed by atoms with E-state index in [9.17, 15) is 9.59 Å². The van der Waals surface area contributed by atoms with Crippen molar-refractivity contribution in [3.63, 3.8) is 0 Å². The Morgan fingerprint density at radius 1 is 1.17 bits per heavy atom. The fourth-order valence-corrected chi connectivity index (χ4v) is 2.85. The summed E-state index contributed by atoms with van der Waals surface area (Å²) in [6.07, 6.45) is 0.132. The molecule has 24 heavy (non-hydrogen) atoms. The lowest BCUT2D eigenvalue weighted by molar-refractivity contribution is -0.121. The highest BCUT2D eigenvalue weighted by Crippen LogP contribution is 2.32. The molecule has 2 aromatic rings. The molecule has 5 heteroatoms. The zero-order valence-corrected chi connectivity index (χ0v) is 13.8. The average Bonchev–Trinajstić information content (AvgIpc) is 2.82. The van der Waals surface area contributed by atoms with Gasteiger partial charge in [-0.3, -0.25) is 9.59 Å². The molecule has 0 aromatic heterocycles. The van der Waals surface area contributed by atoms with Crippen LogP contribution in [0.3, 0.4) is 0 Å². The molecule has 1 aliphatic rings. The Morgan fingerprint density at radius 2 is 1.96 bits per heavy atom. The molecule has 2 aromatic carbocycles. The van der Waals surface area contributed by atoms with Crippen LogP contribution in [0.25, 0.3) is 0 Å². The van der Waals surface area contributed by atoms with Gasteiger partial charge in [-0.2, -0.15) is 0 Å². The SMILES string of the molecule is CCOc1ccccc1N1C(=O)CC(Nc2cccc(C)c2)C1=O. The van der Waals surface area contributed by atoms with Crippen molar-refractivity contribution in [3.8, 4) is 5.75 Å². The largest absolute Gasteiger partial charge is 0.492 e. The molecule has 0 bridgehead atoms. The summed E-state index contributed by atoms with van der Waals surface area (Å²) in [4.78, 5) is 26.4. The highest BCUT2D eigenvalue weighted by atomic mass is 16.5. The van der Waals surface area contributed by atoms with Gasteiger partial charge in [-0.05, 0) is 43.7 Å². The minimum atomic E-state index is -0.561. The summed E-state index contributed by atoms with van der Waals surface area (Å²) in [5.41, 5.74) is 2.43. The molecule has 1 saturated heterocycles. The Bertz CT molecular complexity index is 773. The topological polar surface area (TPSA) is 58.6 Å².